The third kappa shape index (κ3) is 2.44. The van der Waals surface area contributed by atoms with Gasteiger partial charge in [0.05, 0.1) is 12.7 Å². The molecule has 3 heteroatoms. The molecule has 12 heavy (non-hydrogen) atoms. The lowest BCUT2D eigenvalue weighted by molar-refractivity contribution is -0.134. The van der Waals surface area contributed by atoms with Crippen molar-refractivity contribution in [1.29, 1.82) is 0 Å². The van der Waals surface area contributed by atoms with Gasteiger partial charge in [-0.15, -0.1) is 0 Å². The van der Waals surface area contributed by atoms with Crippen LogP contribution >= 0.6 is 0 Å². The Kier molecular flexibility index (Phi) is 3.50. The van der Waals surface area contributed by atoms with Crippen molar-refractivity contribution in [3.8, 4) is 0 Å². The average Bonchev–Trinajstić information content (AvgIpc) is 2.04. The molecule has 1 heterocycles. The summed E-state index contributed by atoms with van der Waals surface area (Å²) in [5.41, 5.74) is -0.131. The third-order valence-corrected chi connectivity index (χ3v) is 2.23. The highest BCUT2D eigenvalue weighted by Crippen LogP contribution is 2.17. The number of hydrogen-bond acceptors (Lipinski definition) is 3. The van der Waals surface area contributed by atoms with Gasteiger partial charge in [-0.3, -0.25) is 0 Å². The predicted octanol–water partition coefficient (Wildman–Crippen LogP) is 0.790. The molecular weight excluding hydrogens is 154 g/mol. The first-order valence-corrected chi connectivity index (χ1v) is 4.57. The van der Waals surface area contributed by atoms with Gasteiger partial charge in [0, 0.05) is 20.2 Å². The van der Waals surface area contributed by atoms with E-state index in [9.17, 15) is 0 Å². The van der Waals surface area contributed by atoms with Crippen LogP contribution in [0.15, 0.2) is 0 Å². The van der Waals surface area contributed by atoms with Crippen LogP contribution in [0.5, 0.6) is 0 Å². The lowest BCUT2D eigenvalue weighted by Gasteiger charge is -2.38. The van der Waals surface area contributed by atoms with Crippen molar-refractivity contribution >= 4 is 0 Å². The lowest BCUT2D eigenvalue weighted by Crippen LogP contribution is -2.54. The summed E-state index contributed by atoms with van der Waals surface area (Å²) in [5.74, 6) is 0. The standard InChI is InChI=1S/C9H19NO2/c1-4-8-5-10-6-9(2,12-8)7-11-3/h8,10H,4-7H2,1-3H3. The first-order chi connectivity index (χ1) is 5.70. The fourth-order valence-electron chi connectivity index (χ4n) is 1.60. The molecule has 0 amide bonds. The number of nitrogens with one attached hydrogen (secondary N) is 1. The van der Waals surface area contributed by atoms with Crippen molar-refractivity contribution in [2.45, 2.75) is 32.0 Å². The summed E-state index contributed by atoms with van der Waals surface area (Å²) < 4.78 is 11.0. The van der Waals surface area contributed by atoms with E-state index in [0.29, 0.717) is 12.7 Å². The molecule has 0 radical (unpaired) electrons. The van der Waals surface area contributed by atoms with Crippen molar-refractivity contribution in [1.82, 2.24) is 5.32 Å². The SMILES string of the molecule is CCC1CNCC(C)(COC)O1. The molecule has 0 bridgehead atoms. The van der Waals surface area contributed by atoms with Gasteiger partial charge in [0.15, 0.2) is 0 Å². The molecule has 1 fully saturated rings. The van der Waals surface area contributed by atoms with Gasteiger partial charge in [0.1, 0.15) is 5.60 Å². The van der Waals surface area contributed by atoms with Gasteiger partial charge >= 0.3 is 0 Å². The number of hydrogen-bond donors (Lipinski definition) is 1. The first-order valence-electron chi connectivity index (χ1n) is 4.57. The molecule has 3 nitrogen and oxygen atoms in total. The molecule has 1 N–H and O–H groups in total. The highest BCUT2D eigenvalue weighted by atomic mass is 16.5. The number of methoxy groups -OCH3 is 1. The summed E-state index contributed by atoms with van der Waals surface area (Å²) in [6.07, 6.45) is 1.41. The Hall–Kier alpha value is -0.120. The zero-order valence-electron chi connectivity index (χ0n) is 8.22. The quantitative estimate of drug-likeness (QED) is 0.684. The summed E-state index contributed by atoms with van der Waals surface area (Å²) in [7, 11) is 1.71. The minimum atomic E-state index is -0.131. The number of rotatable bonds is 3. The van der Waals surface area contributed by atoms with Crippen LogP contribution in [0.4, 0.5) is 0 Å². The van der Waals surface area contributed by atoms with Crippen LogP contribution in [0, 0.1) is 0 Å². The largest absolute Gasteiger partial charge is 0.382 e. The Bertz CT molecular complexity index is 136. The molecule has 0 aliphatic carbocycles. The van der Waals surface area contributed by atoms with E-state index >= 15 is 0 Å². The smallest absolute Gasteiger partial charge is 0.101 e. The highest BCUT2D eigenvalue weighted by molar-refractivity contribution is 4.84. The van der Waals surface area contributed by atoms with Crippen molar-refractivity contribution < 1.29 is 9.47 Å². The molecule has 72 valence electrons. The molecule has 2 unspecified atom stereocenters. The zero-order valence-corrected chi connectivity index (χ0v) is 8.22. The number of morpholine rings is 1. The van der Waals surface area contributed by atoms with E-state index in [1.807, 2.05) is 0 Å². The second-order valence-electron chi connectivity index (χ2n) is 3.66. The summed E-state index contributed by atoms with van der Waals surface area (Å²) in [6.45, 7) is 6.75. The van der Waals surface area contributed by atoms with E-state index in [2.05, 4.69) is 19.2 Å². The predicted molar refractivity (Wildman–Crippen MR) is 48.3 cm³/mol. The first kappa shape index (κ1) is 9.96. The molecule has 0 spiro atoms. The lowest BCUT2D eigenvalue weighted by atomic mass is 10.0. The Balaban J connectivity index is 2.43. The van der Waals surface area contributed by atoms with Crippen LogP contribution in [0.3, 0.4) is 0 Å². The monoisotopic (exact) mass is 173 g/mol. The van der Waals surface area contributed by atoms with Crippen LogP contribution in [0.2, 0.25) is 0 Å². The van der Waals surface area contributed by atoms with Crippen LogP contribution in [-0.4, -0.2) is 38.5 Å². The van der Waals surface area contributed by atoms with Gasteiger partial charge in [-0.25, -0.2) is 0 Å². The van der Waals surface area contributed by atoms with Crippen LogP contribution in [0.1, 0.15) is 20.3 Å². The topological polar surface area (TPSA) is 30.5 Å². The van der Waals surface area contributed by atoms with Gasteiger partial charge in [0.25, 0.3) is 0 Å². The van der Waals surface area contributed by atoms with E-state index < -0.39 is 0 Å². The van der Waals surface area contributed by atoms with Crippen molar-refractivity contribution in [3.63, 3.8) is 0 Å². The Morgan fingerprint density at radius 3 is 3.00 bits per heavy atom. The molecule has 0 saturated carbocycles. The maximum Gasteiger partial charge on any atom is 0.101 e. The van der Waals surface area contributed by atoms with Crippen molar-refractivity contribution in [2.24, 2.45) is 0 Å². The van der Waals surface area contributed by atoms with Crippen molar-refractivity contribution in [3.05, 3.63) is 0 Å². The molecule has 1 aliphatic heterocycles. The molecule has 0 aromatic heterocycles. The summed E-state index contributed by atoms with van der Waals surface area (Å²) >= 11 is 0. The highest BCUT2D eigenvalue weighted by Gasteiger charge is 2.31. The van der Waals surface area contributed by atoms with Gasteiger partial charge in [-0.1, -0.05) is 6.92 Å². The van der Waals surface area contributed by atoms with E-state index in [-0.39, 0.29) is 5.60 Å². The summed E-state index contributed by atoms with van der Waals surface area (Å²) in [4.78, 5) is 0. The number of ether oxygens (including phenoxy) is 2. The maximum atomic E-state index is 5.88. The fourth-order valence-corrected chi connectivity index (χ4v) is 1.60. The summed E-state index contributed by atoms with van der Waals surface area (Å²) in [6, 6.07) is 0. The molecule has 1 saturated heterocycles. The summed E-state index contributed by atoms with van der Waals surface area (Å²) in [5, 5.41) is 3.36. The third-order valence-electron chi connectivity index (χ3n) is 2.23. The van der Waals surface area contributed by atoms with E-state index in [1.165, 1.54) is 0 Å². The van der Waals surface area contributed by atoms with E-state index in [4.69, 9.17) is 9.47 Å². The van der Waals surface area contributed by atoms with E-state index in [1.54, 1.807) is 7.11 Å². The maximum absolute atomic E-state index is 5.88. The second-order valence-corrected chi connectivity index (χ2v) is 3.66. The van der Waals surface area contributed by atoms with Gasteiger partial charge < -0.3 is 14.8 Å². The van der Waals surface area contributed by atoms with Crippen LogP contribution < -0.4 is 5.32 Å². The van der Waals surface area contributed by atoms with Gasteiger partial charge in [0.2, 0.25) is 0 Å². The minimum absolute atomic E-state index is 0.131. The van der Waals surface area contributed by atoms with E-state index in [0.717, 1.165) is 19.5 Å². The second kappa shape index (κ2) is 4.21. The minimum Gasteiger partial charge on any atom is -0.382 e. The fraction of sp³-hybridized carbons (Fsp3) is 1.00. The molecular formula is C9H19NO2. The van der Waals surface area contributed by atoms with Gasteiger partial charge in [-0.2, -0.15) is 0 Å². The van der Waals surface area contributed by atoms with Gasteiger partial charge in [-0.05, 0) is 13.3 Å². The Morgan fingerprint density at radius 2 is 2.42 bits per heavy atom. The molecule has 2 atom stereocenters. The molecule has 1 rings (SSSR count). The van der Waals surface area contributed by atoms with Crippen LogP contribution in [0.25, 0.3) is 0 Å². The molecule has 0 aromatic carbocycles. The van der Waals surface area contributed by atoms with Crippen LogP contribution in [-0.2, 0) is 9.47 Å². The average molecular weight is 173 g/mol. The Labute approximate surface area is 74.4 Å². The van der Waals surface area contributed by atoms with Crippen molar-refractivity contribution in [2.75, 3.05) is 26.8 Å². The zero-order chi connectivity index (χ0) is 9.03. The Morgan fingerprint density at radius 1 is 1.67 bits per heavy atom. The molecule has 1 aliphatic rings. The normalized spacial score (nSPS) is 36.8. The molecule has 0 aromatic rings.